The molecule has 0 heterocycles. The molecule has 1 atom stereocenters. The van der Waals surface area contributed by atoms with Crippen molar-refractivity contribution in [2.24, 2.45) is 5.41 Å². The normalized spacial score (nSPS) is 18.8. The van der Waals surface area contributed by atoms with Crippen molar-refractivity contribution in [3.63, 3.8) is 0 Å². The van der Waals surface area contributed by atoms with Crippen LogP contribution < -0.4 is 6.15 Å². The Morgan fingerprint density at radius 3 is 1.88 bits per heavy atom. The van der Waals surface area contributed by atoms with E-state index in [1.165, 1.54) is 11.1 Å². The monoisotopic (exact) mass is 219 g/mol. The second kappa shape index (κ2) is 3.59. The maximum absolute atomic E-state index is 2.37. The first kappa shape index (κ1) is 13.2. The van der Waals surface area contributed by atoms with E-state index in [-0.39, 0.29) is 11.6 Å². The zero-order valence-corrected chi connectivity index (χ0v) is 11.5. The van der Waals surface area contributed by atoms with Crippen molar-refractivity contribution in [3.8, 4) is 0 Å². The van der Waals surface area contributed by atoms with Gasteiger partial charge in [-0.1, -0.05) is 59.7 Å². The third kappa shape index (κ3) is 1.89. The summed E-state index contributed by atoms with van der Waals surface area (Å²) in [5.41, 5.74) is 5.26. The zero-order chi connectivity index (χ0) is 11.4. The Bertz CT molecular complexity index is 387. The first-order valence-electron chi connectivity index (χ1n) is 5.85. The molecule has 0 amide bonds. The molecule has 1 aromatic carbocycles. The molecule has 0 spiro atoms. The molecular formula is C15H25N. The van der Waals surface area contributed by atoms with Crippen LogP contribution in [0.4, 0.5) is 0 Å². The van der Waals surface area contributed by atoms with E-state index < -0.39 is 0 Å². The second-order valence-electron chi connectivity index (χ2n) is 6.90. The van der Waals surface area contributed by atoms with E-state index in [0.717, 1.165) is 0 Å². The highest BCUT2D eigenvalue weighted by atomic mass is 14.4. The molecule has 1 aromatic rings. The summed E-state index contributed by atoms with van der Waals surface area (Å²) in [5.74, 6) is 0.664. The van der Waals surface area contributed by atoms with Crippen LogP contribution in [0, 0.1) is 5.41 Å². The van der Waals surface area contributed by atoms with Gasteiger partial charge >= 0.3 is 0 Å². The van der Waals surface area contributed by atoms with Crippen LogP contribution in [0.15, 0.2) is 18.2 Å². The van der Waals surface area contributed by atoms with Gasteiger partial charge < -0.3 is 6.15 Å². The van der Waals surface area contributed by atoms with Crippen LogP contribution in [0.3, 0.4) is 0 Å². The Labute approximate surface area is 99.8 Å². The van der Waals surface area contributed by atoms with Gasteiger partial charge in [0.25, 0.3) is 0 Å². The van der Waals surface area contributed by atoms with Gasteiger partial charge in [-0.2, -0.15) is 0 Å². The maximum atomic E-state index is 2.37. The topological polar surface area (TPSA) is 35.0 Å². The van der Waals surface area contributed by atoms with Crippen LogP contribution >= 0.6 is 0 Å². The lowest BCUT2D eigenvalue weighted by Crippen LogP contribution is -2.30. The molecule has 3 rings (SSSR count). The molecule has 0 radical (unpaired) electrons. The van der Waals surface area contributed by atoms with Crippen molar-refractivity contribution >= 4 is 0 Å². The summed E-state index contributed by atoms with van der Waals surface area (Å²) in [5, 5.41) is 0. The summed E-state index contributed by atoms with van der Waals surface area (Å²) in [6.07, 6.45) is 0. The van der Waals surface area contributed by atoms with Gasteiger partial charge in [0.1, 0.15) is 0 Å². The average molecular weight is 219 g/mol. The minimum Gasteiger partial charge on any atom is -0.344 e. The van der Waals surface area contributed by atoms with Crippen molar-refractivity contribution in [3.05, 3.63) is 34.9 Å². The molecule has 0 aliphatic heterocycles. The molecule has 90 valence electrons. The molecule has 1 heteroatoms. The standard InChI is InChI=1S/C15H22.H3N/c1-14(2,3)12-8-7-10-9-11(12)13(10)15(4,5)6;/h7-9,13H,1-6H3;1H3. The zero-order valence-electron chi connectivity index (χ0n) is 11.5. The lowest BCUT2D eigenvalue weighted by Gasteiger charge is -2.42. The summed E-state index contributed by atoms with van der Waals surface area (Å²) in [6, 6.07) is 6.99. The van der Waals surface area contributed by atoms with Gasteiger partial charge in [-0.3, -0.25) is 0 Å². The first-order chi connectivity index (χ1) is 6.71. The summed E-state index contributed by atoms with van der Waals surface area (Å²) in [7, 11) is 0. The molecule has 1 unspecified atom stereocenters. The fraction of sp³-hybridized carbons (Fsp3) is 0.600. The Morgan fingerprint density at radius 2 is 1.50 bits per heavy atom. The van der Waals surface area contributed by atoms with E-state index in [2.05, 4.69) is 59.7 Å². The molecule has 2 aliphatic rings. The molecule has 2 bridgehead atoms. The quantitative estimate of drug-likeness (QED) is 0.678. The van der Waals surface area contributed by atoms with Crippen molar-refractivity contribution in [1.29, 1.82) is 0 Å². The van der Waals surface area contributed by atoms with Gasteiger partial charge in [0.2, 0.25) is 0 Å². The van der Waals surface area contributed by atoms with Gasteiger partial charge in [0, 0.05) is 5.92 Å². The highest BCUT2D eigenvalue weighted by Crippen LogP contribution is 2.50. The molecule has 0 fully saturated rings. The molecule has 1 nitrogen and oxygen atoms in total. The third-order valence-electron chi connectivity index (χ3n) is 3.39. The Balaban J connectivity index is 0.00000128. The van der Waals surface area contributed by atoms with Crippen molar-refractivity contribution < 1.29 is 0 Å². The van der Waals surface area contributed by atoms with Gasteiger partial charge in [0.05, 0.1) is 0 Å². The van der Waals surface area contributed by atoms with Gasteiger partial charge in [-0.05, 0) is 27.5 Å². The second-order valence-corrected chi connectivity index (χ2v) is 6.90. The Morgan fingerprint density at radius 1 is 0.938 bits per heavy atom. The maximum Gasteiger partial charge on any atom is 0.0141 e. The van der Waals surface area contributed by atoms with Gasteiger partial charge in [-0.15, -0.1) is 0 Å². The van der Waals surface area contributed by atoms with Crippen molar-refractivity contribution in [2.75, 3.05) is 0 Å². The Hall–Kier alpha value is -0.820. The van der Waals surface area contributed by atoms with Gasteiger partial charge in [-0.25, -0.2) is 0 Å². The average Bonchev–Trinajstić information content (AvgIpc) is 1.98. The minimum absolute atomic E-state index is 0. The lowest BCUT2D eigenvalue weighted by molar-refractivity contribution is 0.339. The van der Waals surface area contributed by atoms with Crippen LogP contribution in [0.1, 0.15) is 64.2 Å². The van der Waals surface area contributed by atoms with Crippen molar-refractivity contribution in [1.82, 2.24) is 6.15 Å². The van der Waals surface area contributed by atoms with E-state index in [1.54, 1.807) is 5.56 Å². The summed E-state index contributed by atoms with van der Waals surface area (Å²) >= 11 is 0. The number of benzene rings is 1. The van der Waals surface area contributed by atoms with Crippen molar-refractivity contribution in [2.45, 2.75) is 52.9 Å². The number of fused-ring (bicyclic) bond motifs is 2. The van der Waals surface area contributed by atoms with Crippen LogP contribution in [0.5, 0.6) is 0 Å². The number of rotatable bonds is 0. The van der Waals surface area contributed by atoms with Crippen LogP contribution in [0.25, 0.3) is 0 Å². The molecule has 0 saturated carbocycles. The smallest absolute Gasteiger partial charge is 0.0141 e. The number of hydrogen-bond acceptors (Lipinski definition) is 1. The summed E-state index contributed by atoms with van der Waals surface area (Å²) < 4.78 is 0. The van der Waals surface area contributed by atoms with Crippen LogP contribution in [-0.4, -0.2) is 0 Å². The fourth-order valence-electron chi connectivity index (χ4n) is 2.73. The van der Waals surface area contributed by atoms with E-state index in [1.807, 2.05) is 0 Å². The first-order valence-corrected chi connectivity index (χ1v) is 5.85. The van der Waals surface area contributed by atoms with Crippen LogP contribution in [0.2, 0.25) is 0 Å². The van der Waals surface area contributed by atoms with E-state index in [4.69, 9.17) is 0 Å². The summed E-state index contributed by atoms with van der Waals surface area (Å²) in [6.45, 7) is 13.9. The highest BCUT2D eigenvalue weighted by molar-refractivity contribution is 5.53. The fourth-order valence-corrected chi connectivity index (χ4v) is 2.73. The predicted octanol–water partition coefficient (Wildman–Crippen LogP) is 4.64. The SMILES string of the molecule is CC(C)(C)c1ccc2cc1C2C(C)(C)C.N. The van der Waals surface area contributed by atoms with E-state index in [9.17, 15) is 0 Å². The summed E-state index contributed by atoms with van der Waals surface area (Å²) in [4.78, 5) is 0. The minimum atomic E-state index is 0. The predicted molar refractivity (Wildman–Crippen MR) is 71.5 cm³/mol. The molecular weight excluding hydrogens is 194 g/mol. The molecule has 16 heavy (non-hydrogen) atoms. The molecule has 2 aliphatic carbocycles. The Kier molecular flexibility index (Phi) is 2.98. The van der Waals surface area contributed by atoms with Gasteiger partial charge in [0.15, 0.2) is 0 Å². The lowest BCUT2D eigenvalue weighted by atomic mass is 9.62. The van der Waals surface area contributed by atoms with Crippen LogP contribution in [-0.2, 0) is 5.41 Å². The number of hydrogen-bond donors (Lipinski definition) is 1. The largest absolute Gasteiger partial charge is 0.344 e. The highest BCUT2D eigenvalue weighted by Gasteiger charge is 2.38. The molecule has 0 saturated heterocycles. The van der Waals surface area contributed by atoms with E-state index >= 15 is 0 Å². The molecule has 3 N–H and O–H groups in total. The molecule has 0 aromatic heterocycles. The third-order valence-corrected chi connectivity index (χ3v) is 3.39. The van der Waals surface area contributed by atoms with E-state index in [0.29, 0.717) is 11.3 Å².